The smallest absolute Gasteiger partial charge is 0.274 e. The van der Waals surface area contributed by atoms with E-state index in [1.165, 1.54) is 4.57 Å². The van der Waals surface area contributed by atoms with E-state index in [-0.39, 0.29) is 17.4 Å². The molecule has 0 amide bonds. The number of carbonyl (C=O) groups is 1. The molecule has 7 nitrogen and oxygen atoms in total. The van der Waals surface area contributed by atoms with Crippen LogP contribution in [0.25, 0.3) is 22.2 Å². The van der Waals surface area contributed by atoms with E-state index >= 15 is 0 Å². The van der Waals surface area contributed by atoms with E-state index in [1.54, 1.807) is 31.6 Å². The average molecular weight is 374 g/mol. The van der Waals surface area contributed by atoms with Crippen LogP contribution in [0.5, 0.6) is 0 Å². The van der Waals surface area contributed by atoms with Crippen molar-refractivity contribution >= 4 is 16.7 Å². The predicted octanol–water partition coefficient (Wildman–Crippen LogP) is 2.53. The maximum absolute atomic E-state index is 13.0. The predicted molar refractivity (Wildman–Crippen MR) is 104 cm³/mol. The van der Waals surface area contributed by atoms with Crippen molar-refractivity contribution in [3.05, 3.63) is 76.5 Å². The number of H-pyrrole nitrogens is 1. The van der Waals surface area contributed by atoms with Crippen molar-refractivity contribution in [1.82, 2.24) is 19.3 Å². The first kappa shape index (κ1) is 16.7. The molecule has 0 unspecified atom stereocenters. The Morgan fingerprint density at radius 3 is 2.71 bits per heavy atom. The lowest BCUT2D eigenvalue weighted by atomic mass is 10.0. The maximum atomic E-state index is 13.0. The molecule has 0 spiro atoms. The summed E-state index contributed by atoms with van der Waals surface area (Å²) in [6.45, 7) is 1.31. The summed E-state index contributed by atoms with van der Waals surface area (Å²) in [4.78, 5) is 28.9. The summed E-state index contributed by atoms with van der Waals surface area (Å²) in [6.07, 6.45) is 5.29. The zero-order chi connectivity index (χ0) is 19.3. The highest BCUT2D eigenvalue weighted by Gasteiger charge is 2.22. The molecule has 0 radical (unpaired) electrons. The molecule has 3 aromatic heterocycles. The fourth-order valence-electron chi connectivity index (χ4n) is 3.47. The van der Waals surface area contributed by atoms with E-state index in [9.17, 15) is 9.59 Å². The summed E-state index contributed by atoms with van der Waals surface area (Å²) in [5.74, 6) is -0.117. The van der Waals surface area contributed by atoms with Crippen molar-refractivity contribution in [2.24, 2.45) is 7.05 Å². The van der Waals surface area contributed by atoms with Gasteiger partial charge in [-0.25, -0.2) is 0 Å². The molecule has 1 aliphatic heterocycles. The van der Waals surface area contributed by atoms with Crippen molar-refractivity contribution in [3.63, 3.8) is 0 Å². The minimum atomic E-state index is -0.175. The first-order valence-corrected chi connectivity index (χ1v) is 9.06. The molecule has 0 atom stereocenters. The maximum Gasteiger partial charge on any atom is 0.274 e. The monoisotopic (exact) mass is 374 g/mol. The number of benzene rings is 1. The Bertz CT molecular complexity index is 1250. The van der Waals surface area contributed by atoms with Gasteiger partial charge in [-0.15, -0.1) is 0 Å². The molecule has 5 rings (SSSR count). The number of pyridine rings is 1. The number of rotatable bonds is 4. The standard InChI is InChI=1S/C21H18N4O3/c1-24-10-17(20(26)13-5-3-2-4-6-13)16-7-18(23-19(16)21(24)27)14-8-22-25(9-14)15-11-28-12-15/h2-10,15,23H,11-12H2,1H3. The highest BCUT2D eigenvalue weighted by molar-refractivity contribution is 6.16. The molecule has 1 N–H and O–H groups in total. The first-order valence-electron chi connectivity index (χ1n) is 9.06. The summed E-state index contributed by atoms with van der Waals surface area (Å²) in [6, 6.07) is 11.2. The lowest BCUT2D eigenvalue weighted by molar-refractivity contribution is -0.0286. The number of hydrogen-bond acceptors (Lipinski definition) is 4. The third-order valence-corrected chi connectivity index (χ3v) is 5.15. The topological polar surface area (TPSA) is 81.9 Å². The quantitative estimate of drug-likeness (QED) is 0.557. The number of aromatic amines is 1. The van der Waals surface area contributed by atoms with Crippen molar-refractivity contribution in [1.29, 1.82) is 0 Å². The highest BCUT2D eigenvalue weighted by Crippen LogP contribution is 2.27. The van der Waals surface area contributed by atoms with Gasteiger partial charge >= 0.3 is 0 Å². The molecule has 1 saturated heterocycles. The SMILES string of the molecule is Cn1cc(C(=O)c2ccccc2)c2cc(-c3cnn(C4COC4)c3)[nH]c2c1=O. The van der Waals surface area contributed by atoms with Gasteiger partial charge in [-0.1, -0.05) is 30.3 Å². The van der Waals surface area contributed by atoms with Crippen LogP contribution < -0.4 is 5.56 Å². The van der Waals surface area contributed by atoms with Gasteiger partial charge in [0.25, 0.3) is 5.56 Å². The third-order valence-electron chi connectivity index (χ3n) is 5.15. The van der Waals surface area contributed by atoms with Crippen molar-refractivity contribution in [2.45, 2.75) is 6.04 Å². The number of nitrogens with one attached hydrogen (secondary N) is 1. The molecule has 1 fully saturated rings. The number of aromatic nitrogens is 4. The molecule has 0 bridgehead atoms. The molecule has 7 heteroatoms. The summed E-state index contributed by atoms with van der Waals surface area (Å²) >= 11 is 0. The number of ketones is 1. The van der Waals surface area contributed by atoms with Crippen molar-refractivity contribution in [3.8, 4) is 11.3 Å². The van der Waals surface area contributed by atoms with E-state index in [4.69, 9.17) is 4.74 Å². The Labute approximate surface area is 160 Å². The average Bonchev–Trinajstić information content (AvgIpc) is 3.31. The second kappa shape index (κ2) is 6.31. The van der Waals surface area contributed by atoms with E-state index in [0.29, 0.717) is 35.2 Å². The molecule has 4 aromatic rings. The van der Waals surface area contributed by atoms with Crippen LogP contribution in [-0.2, 0) is 11.8 Å². The van der Waals surface area contributed by atoms with E-state index < -0.39 is 0 Å². The second-order valence-corrected chi connectivity index (χ2v) is 7.03. The van der Waals surface area contributed by atoms with Crippen LogP contribution in [0.15, 0.2) is 59.8 Å². The van der Waals surface area contributed by atoms with Crippen LogP contribution in [0.2, 0.25) is 0 Å². The van der Waals surface area contributed by atoms with Crippen LogP contribution in [0.3, 0.4) is 0 Å². The number of nitrogens with zero attached hydrogens (tertiary/aromatic N) is 3. The summed E-state index contributed by atoms with van der Waals surface area (Å²) in [5, 5.41) is 5.01. The van der Waals surface area contributed by atoms with Crippen LogP contribution in [0.4, 0.5) is 0 Å². The van der Waals surface area contributed by atoms with Gasteiger partial charge in [-0.2, -0.15) is 5.10 Å². The number of carbonyl (C=O) groups excluding carboxylic acids is 1. The number of ether oxygens (including phenoxy) is 1. The van der Waals surface area contributed by atoms with Gasteiger partial charge in [0, 0.05) is 47.2 Å². The Balaban J connectivity index is 1.64. The van der Waals surface area contributed by atoms with Gasteiger partial charge in [-0.05, 0) is 6.07 Å². The molecule has 140 valence electrons. The molecular formula is C21H18N4O3. The fourth-order valence-corrected chi connectivity index (χ4v) is 3.47. The molecule has 1 aliphatic rings. The van der Waals surface area contributed by atoms with Crippen molar-refractivity contribution in [2.75, 3.05) is 13.2 Å². The Morgan fingerprint density at radius 2 is 2.00 bits per heavy atom. The minimum absolute atomic E-state index is 0.117. The Hall–Kier alpha value is -3.45. The van der Waals surface area contributed by atoms with Gasteiger partial charge in [0.05, 0.1) is 25.5 Å². The molecule has 0 aliphatic carbocycles. The number of fused-ring (bicyclic) bond motifs is 1. The van der Waals surface area contributed by atoms with E-state index in [1.807, 2.05) is 35.1 Å². The lowest BCUT2D eigenvalue weighted by Gasteiger charge is -2.25. The molecule has 1 aromatic carbocycles. The van der Waals surface area contributed by atoms with Crippen molar-refractivity contribution < 1.29 is 9.53 Å². The van der Waals surface area contributed by atoms with Gasteiger partial charge in [0.15, 0.2) is 5.78 Å². The molecule has 4 heterocycles. The number of aryl methyl sites for hydroxylation is 1. The molecule has 0 saturated carbocycles. The van der Waals surface area contributed by atoms with E-state index in [0.717, 1.165) is 11.3 Å². The van der Waals surface area contributed by atoms with Gasteiger partial charge in [0.1, 0.15) is 5.52 Å². The zero-order valence-corrected chi connectivity index (χ0v) is 15.3. The van der Waals surface area contributed by atoms with Gasteiger partial charge in [-0.3, -0.25) is 14.3 Å². The summed E-state index contributed by atoms with van der Waals surface area (Å²) in [7, 11) is 1.65. The summed E-state index contributed by atoms with van der Waals surface area (Å²) < 4.78 is 8.53. The zero-order valence-electron chi connectivity index (χ0n) is 15.3. The largest absolute Gasteiger partial charge is 0.377 e. The second-order valence-electron chi connectivity index (χ2n) is 7.03. The minimum Gasteiger partial charge on any atom is -0.377 e. The van der Waals surface area contributed by atoms with Gasteiger partial charge < -0.3 is 14.3 Å². The van der Waals surface area contributed by atoms with E-state index in [2.05, 4.69) is 10.1 Å². The number of hydrogen-bond donors (Lipinski definition) is 1. The third kappa shape index (κ3) is 2.59. The Morgan fingerprint density at radius 1 is 1.21 bits per heavy atom. The molecular weight excluding hydrogens is 356 g/mol. The van der Waals surface area contributed by atoms with Crippen LogP contribution in [0.1, 0.15) is 22.0 Å². The lowest BCUT2D eigenvalue weighted by Crippen LogP contribution is -2.30. The first-order chi connectivity index (χ1) is 13.6. The fraction of sp³-hybridized carbons (Fsp3) is 0.190. The Kier molecular flexibility index (Phi) is 3.77. The molecule has 28 heavy (non-hydrogen) atoms. The highest BCUT2D eigenvalue weighted by atomic mass is 16.5. The normalized spacial score (nSPS) is 14.3. The van der Waals surface area contributed by atoms with Crippen LogP contribution >= 0.6 is 0 Å². The van der Waals surface area contributed by atoms with Gasteiger partial charge in [0.2, 0.25) is 0 Å². The van der Waals surface area contributed by atoms with Crippen LogP contribution in [0, 0.1) is 0 Å². The summed E-state index contributed by atoms with van der Waals surface area (Å²) in [5.41, 5.74) is 2.94. The van der Waals surface area contributed by atoms with Crippen LogP contribution in [-0.4, -0.2) is 38.3 Å².